The van der Waals surface area contributed by atoms with Crippen LogP contribution in [0.2, 0.25) is 0 Å². The number of rotatable bonds is 8. The second kappa shape index (κ2) is 7.50. The first-order valence-electron chi connectivity index (χ1n) is 6.66. The van der Waals surface area contributed by atoms with E-state index in [2.05, 4.69) is 19.9 Å². The molecule has 19 heavy (non-hydrogen) atoms. The molecule has 2 N–H and O–H groups in total. The number of sulfonamides is 1. The molecule has 0 radical (unpaired) electrons. The van der Waals surface area contributed by atoms with Crippen LogP contribution in [-0.4, -0.2) is 20.8 Å². The molecule has 0 aliphatic rings. The van der Waals surface area contributed by atoms with E-state index < -0.39 is 10.0 Å². The molecule has 5 heteroatoms. The molecule has 1 unspecified atom stereocenters. The number of benzene rings is 1. The second-order valence-electron chi connectivity index (χ2n) is 4.77. The van der Waals surface area contributed by atoms with Crippen LogP contribution in [0.3, 0.4) is 0 Å². The minimum absolute atomic E-state index is 0.0172. The van der Waals surface area contributed by atoms with E-state index >= 15 is 0 Å². The fourth-order valence-corrected chi connectivity index (χ4v) is 2.43. The summed E-state index contributed by atoms with van der Waals surface area (Å²) in [5, 5.41) is 4.94. The Labute approximate surface area is 116 Å². The highest BCUT2D eigenvalue weighted by Gasteiger charge is 2.09. The van der Waals surface area contributed by atoms with Gasteiger partial charge in [-0.2, -0.15) is 0 Å². The van der Waals surface area contributed by atoms with E-state index in [-0.39, 0.29) is 5.75 Å². The number of ether oxygens (including phenoxy) is 1. The van der Waals surface area contributed by atoms with Crippen molar-refractivity contribution in [2.45, 2.75) is 39.0 Å². The molecular weight excluding hydrogens is 262 g/mol. The number of primary sulfonamides is 1. The third-order valence-electron chi connectivity index (χ3n) is 3.14. The average Bonchev–Trinajstić information content (AvgIpc) is 2.36. The van der Waals surface area contributed by atoms with Crippen LogP contribution in [0.5, 0.6) is 5.75 Å². The molecule has 0 amide bonds. The monoisotopic (exact) mass is 285 g/mol. The van der Waals surface area contributed by atoms with Crippen LogP contribution in [-0.2, 0) is 10.0 Å². The molecule has 0 heterocycles. The van der Waals surface area contributed by atoms with Crippen molar-refractivity contribution >= 4 is 10.0 Å². The Hall–Kier alpha value is -1.07. The fraction of sp³-hybridized carbons (Fsp3) is 0.571. The van der Waals surface area contributed by atoms with Crippen LogP contribution in [0.15, 0.2) is 24.3 Å². The van der Waals surface area contributed by atoms with Crippen molar-refractivity contribution in [2.75, 3.05) is 12.4 Å². The van der Waals surface area contributed by atoms with Crippen molar-refractivity contribution in [3.63, 3.8) is 0 Å². The van der Waals surface area contributed by atoms with Crippen LogP contribution in [0, 0.1) is 0 Å². The molecule has 1 atom stereocenters. The number of hydrogen-bond acceptors (Lipinski definition) is 3. The topological polar surface area (TPSA) is 69.4 Å². The molecule has 0 fully saturated rings. The zero-order chi connectivity index (χ0) is 14.3. The summed E-state index contributed by atoms with van der Waals surface area (Å²) in [4.78, 5) is 0. The third kappa shape index (κ3) is 6.07. The first kappa shape index (κ1) is 16.0. The van der Waals surface area contributed by atoms with Crippen molar-refractivity contribution in [1.82, 2.24) is 0 Å². The number of unbranched alkanes of at least 4 members (excludes halogenated alkanes) is 1. The second-order valence-corrected chi connectivity index (χ2v) is 6.50. The van der Waals surface area contributed by atoms with Crippen LogP contribution in [0.4, 0.5) is 0 Å². The van der Waals surface area contributed by atoms with E-state index in [1.807, 2.05) is 18.2 Å². The summed E-state index contributed by atoms with van der Waals surface area (Å²) in [7, 11) is -3.35. The van der Waals surface area contributed by atoms with E-state index in [0.29, 0.717) is 25.4 Å². The summed E-state index contributed by atoms with van der Waals surface area (Å²) in [6, 6.07) is 8.00. The summed E-state index contributed by atoms with van der Waals surface area (Å²) >= 11 is 0. The fourth-order valence-electron chi connectivity index (χ4n) is 1.83. The molecule has 0 bridgehead atoms. The lowest BCUT2D eigenvalue weighted by atomic mass is 9.98. The smallest absolute Gasteiger partial charge is 0.209 e. The summed E-state index contributed by atoms with van der Waals surface area (Å²) in [6.45, 7) is 4.83. The van der Waals surface area contributed by atoms with Gasteiger partial charge in [-0.3, -0.25) is 0 Å². The number of hydrogen-bond donors (Lipinski definition) is 1. The molecule has 0 aliphatic carbocycles. The van der Waals surface area contributed by atoms with E-state index in [1.54, 1.807) is 0 Å². The SMILES string of the molecule is CCC(C)c1ccccc1OCCCCS(N)(=O)=O. The van der Waals surface area contributed by atoms with Gasteiger partial charge < -0.3 is 4.74 Å². The molecule has 0 saturated carbocycles. The molecule has 108 valence electrons. The van der Waals surface area contributed by atoms with Gasteiger partial charge >= 0.3 is 0 Å². The van der Waals surface area contributed by atoms with Gasteiger partial charge in [0.05, 0.1) is 12.4 Å². The molecule has 1 aromatic carbocycles. The lowest BCUT2D eigenvalue weighted by Crippen LogP contribution is -2.16. The summed E-state index contributed by atoms with van der Waals surface area (Å²) in [6.07, 6.45) is 2.28. The maximum Gasteiger partial charge on any atom is 0.209 e. The molecule has 0 spiro atoms. The van der Waals surface area contributed by atoms with E-state index in [0.717, 1.165) is 12.2 Å². The molecule has 0 aromatic heterocycles. The largest absolute Gasteiger partial charge is 0.493 e. The lowest BCUT2D eigenvalue weighted by Gasteiger charge is -2.15. The zero-order valence-corrected chi connectivity index (χ0v) is 12.4. The Kier molecular flexibility index (Phi) is 6.31. The minimum atomic E-state index is -3.35. The Morgan fingerprint density at radius 2 is 1.95 bits per heavy atom. The Bertz CT molecular complexity index is 485. The first-order chi connectivity index (χ1) is 8.94. The highest BCUT2D eigenvalue weighted by Crippen LogP contribution is 2.28. The molecule has 0 saturated heterocycles. The average molecular weight is 285 g/mol. The summed E-state index contributed by atoms with van der Waals surface area (Å²) < 4.78 is 27.3. The van der Waals surface area contributed by atoms with Gasteiger partial charge in [-0.1, -0.05) is 32.0 Å². The van der Waals surface area contributed by atoms with Crippen LogP contribution in [0.1, 0.15) is 44.6 Å². The zero-order valence-electron chi connectivity index (χ0n) is 11.6. The van der Waals surface area contributed by atoms with E-state index in [1.165, 1.54) is 5.56 Å². The predicted molar refractivity (Wildman–Crippen MR) is 77.9 cm³/mol. The Morgan fingerprint density at radius 1 is 1.26 bits per heavy atom. The van der Waals surface area contributed by atoms with E-state index in [4.69, 9.17) is 9.88 Å². The van der Waals surface area contributed by atoms with Gasteiger partial charge in [0.1, 0.15) is 5.75 Å². The molecule has 1 rings (SSSR count). The van der Waals surface area contributed by atoms with Crippen molar-refractivity contribution in [2.24, 2.45) is 5.14 Å². The van der Waals surface area contributed by atoms with Gasteiger partial charge in [0.2, 0.25) is 10.0 Å². The quantitative estimate of drug-likeness (QED) is 0.746. The predicted octanol–water partition coefficient (Wildman–Crippen LogP) is 2.65. The standard InChI is InChI=1S/C14H23NO3S/c1-3-12(2)13-8-4-5-9-14(13)18-10-6-7-11-19(15,16)17/h4-5,8-9,12H,3,6-7,10-11H2,1-2H3,(H2,15,16,17). The van der Waals surface area contributed by atoms with Gasteiger partial charge in [0.25, 0.3) is 0 Å². The Morgan fingerprint density at radius 3 is 2.58 bits per heavy atom. The van der Waals surface area contributed by atoms with Gasteiger partial charge in [0.15, 0.2) is 0 Å². The van der Waals surface area contributed by atoms with Crippen molar-refractivity contribution in [1.29, 1.82) is 0 Å². The molecular formula is C14H23NO3S. The minimum Gasteiger partial charge on any atom is -0.493 e. The van der Waals surface area contributed by atoms with Crippen LogP contribution in [0.25, 0.3) is 0 Å². The maximum absolute atomic E-state index is 10.8. The van der Waals surface area contributed by atoms with E-state index in [9.17, 15) is 8.42 Å². The number of nitrogens with two attached hydrogens (primary N) is 1. The normalized spacial score (nSPS) is 13.2. The highest BCUT2D eigenvalue weighted by atomic mass is 32.2. The van der Waals surface area contributed by atoms with Crippen molar-refractivity contribution in [3.05, 3.63) is 29.8 Å². The molecule has 1 aromatic rings. The van der Waals surface area contributed by atoms with Crippen LogP contribution >= 0.6 is 0 Å². The highest BCUT2D eigenvalue weighted by molar-refractivity contribution is 7.89. The summed E-state index contributed by atoms with van der Waals surface area (Å²) in [5.74, 6) is 1.37. The third-order valence-corrected chi connectivity index (χ3v) is 4.00. The maximum atomic E-state index is 10.8. The number of para-hydroxylation sites is 1. The molecule has 0 aliphatic heterocycles. The molecule has 4 nitrogen and oxygen atoms in total. The first-order valence-corrected chi connectivity index (χ1v) is 8.37. The van der Waals surface area contributed by atoms with Crippen molar-refractivity contribution < 1.29 is 13.2 Å². The Balaban J connectivity index is 2.45. The van der Waals surface area contributed by atoms with Gasteiger partial charge in [0, 0.05) is 0 Å². The van der Waals surface area contributed by atoms with Gasteiger partial charge in [-0.05, 0) is 36.8 Å². The van der Waals surface area contributed by atoms with Crippen LogP contribution < -0.4 is 9.88 Å². The lowest BCUT2D eigenvalue weighted by molar-refractivity contribution is 0.304. The van der Waals surface area contributed by atoms with Crippen molar-refractivity contribution in [3.8, 4) is 5.75 Å². The summed E-state index contributed by atoms with van der Waals surface area (Å²) in [5.41, 5.74) is 1.21. The van der Waals surface area contributed by atoms with Gasteiger partial charge in [-0.15, -0.1) is 0 Å². The van der Waals surface area contributed by atoms with Gasteiger partial charge in [-0.25, -0.2) is 13.6 Å².